The van der Waals surface area contributed by atoms with Crippen molar-refractivity contribution in [3.63, 3.8) is 0 Å². The fourth-order valence-corrected chi connectivity index (χ4v) is 4.62. The van der Waals surface area contributed by atoms with Crippen LogP contribution in [-0.4, -0.2) is 21.2 Å². The number of nitrogens with zero attached hydrogens (tertiary/aromatic N) is 2. The smallest absolute Gasteiger partial charge is 0.261 e. The van der Waals surface area contributed by atoms with Crippen molar-refractivity contribution in [1.82, 2.24) is 20.1 Å². The third-order valence-corrected chi connectivity index (χ3v) is 6.06. The molecule has 0 radical (unpaired) electrons. The molecule has 0 amide bonds. The van der Waals surface area contributed by atoms with Crippen LogP contribution >= 0.6 is 0 Å². The van der Waals surface area contributed by atoms with E-state index >= 15 is 0 Å². The molecule has 3 heterocycles. The number of halogens is 2. The summed E-state index contributed by atoms with van der Waals surface area (Å²) in [6.07, 6.45) is 4.90. The van der Waals surface area contributed by atoms with Gasteiger partial charge in [-0.1, -0.05) is 25.3 Å². The van der Waals surface area contributed by atoms with Crippen LogP contribution in [-0.2, 0) is 6.54 Å². The maximum atomic E-state index is 13.1. The van der Waals surface area contributed by atoms with Gasteiger partial charge in [-0.15, -0.1) is 0 Å². The Morgan fingerprint density at radius 2 is 2.00 bits per heavy atom. The summed E-state index contributed by atoms with van der Waals surface area (Å²) in [4.78, 5) is 15.3. The molecule has 152 valence electrons. The Balaban J connectivity index is 1.52. The van der Waals surface area contributed by atoms with Crippen LogP contribution in [0.25, 0.3) is 10.9 Å². The van der Waals surface area contributed by atoms with Crippen LogP contribution in [0, 0.1) is 0 Å². The zero-order chi connectivity index (χ0) is 20.0. The molecule has 1 aromatic carbocycles. The van der Waals surface area contributed by atoms with E-state index in [4.69, 9.17) is 5.10 Å². The number of aromatic amines is 1. The van der Waals surface area contributed by atoms with Gasteiger partial charge in [0.2, 0.25) is 0 Å². The van der Waals surface area contributed by atoms with Gasteiger partial charge in [-0.25, -0.2) is 8.78 Å². The molecule has 3 N–H and O–H groups in total. The predicted molar refractivity (Wildman–Crippen MR) is 108 cm³/mol. The van der Waals surface area contributed by atoms with Gasteiger partial charge in [-0.3, -0.25) is 9.48 Å². The van der Waals surface area contributed by atoms with Crippen molar-refractivity contribution in [1.29, 1.82) is 0 Å². The molecule has 5 rings (SSSR count). The van der Waals surface area contributed by atoms with Crippen molar-refractivity contribution >= 4 is 22.4 Å². The molecule has 0 bridgehead atoms. The molecular weight excluding hydrogens is 376 g/mol. The van der Waals surface area contributed by atoms with E-state index in [1.807, 2.05) is 16.8 Å². The Kier molecular flexibility index (Phi) is 4.58. The minimum Gasteiger partial charge on any atom is -0.338 e. The first-order chi connectivity index (χ1) is 14.1. The first-order valence-electron chi connectivity index (χ1n) is 10.1. The second-order valence-electron chi connectivity index (χ2n) is 7.88. The highest BCUT2D eigenvalue weighted by Gasteiger charge is 2.29. The Morgan fingerprint density at radius 1 is 1.17 bits per heavy atom. The van der Waals surface area contributed by atoms with Crippen molar-refractivity contribution in [2.75, 3.05) is 5.32 Å². The summed E-state index contributed by atoms with van der Waals surface area (Å²) in [5.41, 5.74) is 2.83. The minimum atomic E-state index is -2.44. The summed E-state index contributed by atoms with van der Waals surface area (Å²) in [5, 5.41) is 11.4. The Bertz CT molecular complexity index is 1100. The van der Waals surface area contributed by atoms with Crippen LogP contribution < -0.4 is 16.2 Å². The van der Waals surface area contributed by atoms with Crippen LogP contribution in [0.5, 0.6) is 0 Å². The molecule has 6 nitrogen and oxygen atoms in total. The van der Waals surface area contributed by atoms with Crippen molar-refractivity contribution < 1.29 is 8.78 Å². The third-order valence-electron chi connectivity index (χ3n) is 6.06. The molecule has 1 saturated carbocycles. The van der Waals surface area contributed by atoms with E-state index in [0.717, 1.165) is 29.6 Å². The lowest BCUT2D eigenvalue weighted by Crippen LogP contribution is -2.19. The number of hydrogen-bond acceptors (Lipinski definition) is 4. The molecule has 29 heavy (non-hydrogen) atoms. The lowest BCUT2D eigenvalue weighted by atomic mass is 9.95. The number of alkyl halides is 2. The molecule has 1 fully saturated rings. The van der Waals surface area contributed by atoms with E-state index in [1.165, 1.54) is 19.3 Å². The number of hydrogen-bond donors (Lipinski definition) is 3. The molecule has 8 heteroatoms. The van der Waals surface area contributed by atoms with Gasteiger partial charge in [0.05, 0.1) is 17.6 Å². The molecule has 1 aliphatic heterocycles. The van der Waals surface area contributed by atoms with Crippen LogP contribution in [0.2, 0.25) is 0 Å². The van der Waals surface area contributed by atoms with Crippen LogP contribution in [0.1, 0.15) is 55.3 Å². The highest BCUT2D eigenvalue weighted by atomic mass is 19.3. The van der Waals surface area contributed by atoms with Crippen molar-refractivity contribution in [2.24, 2.45) is 0 Å². The molecule has 3 aromatic rings. The fourth-order valence-electron chi connectivity index (χ4n) is 4.62. The summed E-state index contributed by atoms with van der Waals surface area (Å²) >= 11 is 0. The number of H-pyrrole nitrogens is 1. The number of aromatic nitrogens is 3. The SMILES string of the molecule is O=c1[nH]ccc2c1c(Nc1ccc3c(c1)CNC3C(F)F)nn2C1CCCCC1. The fraction of sp³-hybridized carbons (Fsp3) is 0.429. The minimum absolute atomic E-state index is 0.187. The van der Waals surface area contributed by atoms with E-state index in [2.05, 4.69) is 15.6 Å². The van der Waals surface area contributed by atoms with E-state index in [-0.39, 0.29) is 5.56 Å². The maximum Gasteiger partial charge on any atom is 0.261 e. The van der Waals surface area contributed by atoms with Gasteiger partial charge in [0.15, 0.2) is 5.82 Å². The van der Waals surface area contributed by atoms with Crippen molar-refractivity contribution in [3.8, 4) is 0 Å². The lowest BCUT2D eigenvalue weighted by molar-refractivity contribution is 0.103. The lowest BCUT2D eigenvalue weighted by Gasteiger charge is -2.22. The second-order valence-corrected chi connectivity index (χ2v) is 7.88. The molecule has 1 atom stereocenters. The zero-order valence-electron chi connectivity index (χ0n) is 15.9. The van der Waals surface area contributed by atoms with Crippen LogP contribution in [0.3, 0.4) is 0 Å². The van der Waals surface area contributed by atoms with Crippen molar-refractivity contribution in [3.05, 3.63) is 51.9 Å². The Labute approximate surface area is 166 Å². The van der Waals surface area contributed by atoms with E-state index in [1.54, 1.807) is 18.3 Å². The number of rotatable bonds is 4. The largest absolute Gasteiger partial charge is 0.338 e. The molecule has 0 saturated heterocycles. The normalized spacial score (nSPS) is 19.8. The topological polar surface area (TPSA) is 74.7 Å². The Morgan fingerprint density at radius 3 is 2.79 bits per heavy atom. The molecule has 0 spiro atoms. The van der Waals surface area contributed by atoms with Gasteiger partial charge >= 0.3 is 0 Å². The monoisotopic (exact) mass is 399 g/mol. The van der Waals surface area contributed by atoms with E-state index in [0.29, 0.717) is 29.4 Å². The number of nitrogens with one attached hydrogen (secondary N) is 3. The maximum absolute atomic E-state index is 13.1. The summed E-state index contributed by atoms with van der Waals surface area (Å²) in [7, 11) is 0. The predicted octanol–water partition coefficient (Wildman–Crippen LogP) is 4.38. The first kappa shape index (κ1) is 18.3. The average molecular weight is 399 g/mol. The van der Waals surface area contributed by atoms with E-state index < -0.39 is 12.5 Å². The zero-order valence-corrected chi connectivity index (χ0v) is 15.9. The summed E-state index contributed by atoms with van der Waals surface area (Å²) in [5.74, 6) is 0.503. The van der Waals surface area contributed by atoms with Gasteiger partial charge < -0.3 is 15.6 Å². The number of fused-ring (bicyclic) bond motifs is 2. The van der Waals surface area contributed by atoms with Gasteiger partial charge in [-0.05, 0) is 42.2 Å². The third kappa shape index (κ3) is 3.21. The molecule has 1 unspecified atom stereocenters. The molecule has 2 aromatic heterocycles. The number of benzene rings is 1. The first-order valence-corrected chi connectivity index (χ1v) is 10.1. The average Bonchev–Trinajstić information content (AvgIpc) is 3.31. The van der Waals surface area contributed by atoms with Gasteiger partial charge in [0, 0.05) is 18.4 Å². The summed E-state index contributed by atoms with van der Waals surface area (Å²) < 4.78 is 28.3. The highest BCUT2D eigenvalue weighted by molar-refractivity contribution is 5.91. The van der Waals surface area contributed by atoms with Crippen molar-refractivity contribution in [2.45, 2.75) is 57.2 Å². The molecule has 1 aliphatic carbocycles. The van der Waals surface area contributed by atoms with Gasteiger partial charge in [0.25, 0.3) is 12.0 Å². The molecular formula is C21H23F2N5O. The second kappa shape index (κ2) is 7.26. The highest BCUT2D eigenvalue weighted by Crippen LogP contribution is 2.35. The molecule has 2 aliphatic rings. The van der Waals surface area contributed by atoms with Gasteiger partial charge in [-0.2, -0.15) is 5.10 Å². The number of anilines is 2. The quantitative estimate of drug-likeness (QED) is 0.609. The summed E-state index contributed by atoms with van der Waals surface area (Å²) in [6, 6.07) is 6.60. The van der Waals surface area contributed by atoms with Gasteiger partial charge in [0.1, 0.15) is 5.39 Å². The number of pyridine rings is 1. The van der Waals surface area contributed by atoms with Crippen LogP contribution in [0.15, 0.2) is 35.3 Å². The van der Waals surface area contributed by atoms with E-state index in [9.17, 15) is 13.6 Å². The van der Waals surface area contributed by atoms with Crippen LogP contribution in [0.4, 0.5) is 20.3 Å². The summed E-state index contributed by atoms with van der Waals surface area (Å²) in [6.45, 7) is 0.401. The standard InChI is InChI=1S/C21H23F2N5O/c22-19(23)18-15-7-6-13(10-12(15)11-25-18)26-20-17-16(8-9-24-21(17)29)28(27-20)14-4-2-1-3-5-14/h6-10,14,18-19,25H,1-5,11H2,(H,24,29)(H,26,27). The Hall–Kier alpha value is -2.74.